The molecule has 3 amide bonds. The van der Waals surface area contributed by atoms with Crippen LogP contribution in [-0.2, 0) is 14.4 Å². The maximum absolute atomic E-state index is 12.6. The van der Waals surface area contributed by atoms with Crippen LogP contribution in [0, 0.1) is 5.92 Å². The molecule has 0 aliphatic carbocycles. The summed E-state index contributed by atoms with van der Waals surface area (Å²) in [6.07, 6.45) is 3.95. The first-order valence-corrected chi connectivity index (χ1v) is 9.10. The van der Waals surface area contributed by atoms with Crippen molar-refractivity contribution < 1.29 is 14.4 Å². The molecule has 0 saturated heterocycles. The molecule has 0 aromatic rings. The van der Waals surface area contributed by atoms with Gasteiger partial charge in [-0.2, -0.15) is 0 Å². The number of hydrogen-bond acceptors (Lipinski definition) is 3. The summed E-state index contributed by atoms with van der Waals surface area (Å²) >= 11 is 0. The fraction of sp³-hybridized carbons (Fsp3) is 0.833. The summed E-state index contributed by atoms with van der Waals surface area (Å²) in [5.41, 5.74) is 0. The van der Waals surface area contributed by atoms with Gasteiger partial charge in [-0.15, -0.1) is 0 Å². The van der Waals surface area contributed by atoms with E-state index in [9.17, 15) is 14.4 Å². The van der Waals surface area contributed by atoms with E-state index < -0.39 is 12.1 Å². The van der Waals surface area contributed by atoms with Crippen molar-refractivity contribution in [1.29, 1.82) is 0 Å². The van der Waals surface area contributed by atoms with E-state index in [1.165, 1.54) is 6.92 Å². The topological polar surface area (TPSA) is 78.5 Å². The first-order valence-electron chi connectivity index (χ1n) is 9.10. The summed E-state index contributed by atoms with van der Waals surface area (Å²) < 4.78 is 0. The Balaban J connectivity index is 4.82. The minimum Gasteiger partial charge on any atom is -0.344 e. The number of nitrogens with zero attached hydrogens (tertiary/aromatic N) is 1. The number of nitrogens with one attached hydrogen (secondary N) is 2. The lowest BCUT2D eigenvalue weighted by Crippen LogP contribution is -2.54. The third-order valence-corrected chi connectivity index (χ3v) is 3.91. The number of hydrogen-bond donors (Lipinski definition) is 2. The molecule has 0 unspecified atom stereocenters. The van der Waals surface area contributed by atoms with E-state index in [1.807, 2.05) is 18.7 Å². The molecule has 0 rings (SSSR count). The predicted octanol–water partition coefficient (Wildman–Crippen LogP) is 2.08. The first kappa shape index (κ1) is 22.4. The molecule has 2 atom stereocenters. The Bertz CT molecular complexity index is 402. The molecular weight excluding hydrogens is 306 g/mol. The zero-order chi connectivity index (χ0) is 18.7. The molecule has 0 bridgehead atoms. The second kappa shape index (κ2) is 11.9. The van der Waals surface area contributed by atoms with Gasteiger partial charge in [0.05, 0.1) is 0 Å². The molecule has 0 heterocycles. The summed E-state index contributed by atoms with van der Waals surface area (Å²) in [4.78, 5) is 38.1. The van der Waals surface area contributed by atoms with Crippen molar-refractivity contribution >= 4 is 17.7 Å². The van der Waals surface area contributed by atoms with E-state index in [0.29, 0.717) is 0 Å². The molecule has 0 radical (unpaired) electrons. The van der Waals surface area contributed by atoms with Crippen LogP contribution in [0.15, 0.2) is 0 Å². The summed E-state index contributed by atoms with van der Waals surface area (Å²) in [5, 5.41) is 5.40. The van der Waals surface area contributed by atoms with Crippen LogP contribution in [0.2, 0.25) is 0 Å². The Kier molecular flexibility index (Phi) is 11.1. The van der Waals surface area contributed by atoms with Gasteiger partial charge >= 0.3 is 0 Å². The van der Waals surface area contributed by atoms with Gasteiger partial charge in [0.1, 0.15) is 12.1 Å². The Morgan fingerprint density at radius 3 is 1.79 bits per heavy atom. The zero-order valence-corrected chi connectivity index (χ0v) is 16.1. The molecule has 0 fully saturated rings. The summed E-state index contributed by atoms with van der Waals surface area (Å²) in [6.45, 7) is 12.4. The number of carbonyl (C=O) groups excluding carboxylic acids is 3. The smallest absolute Gasteiger partial charge is 0.244 e. The number of carbonyl (C=O) groups is 3. The van der Waals surface area contributed by atoms with Gasteiger partial charge in [0.25, 0.3) is 0 Å². The van der Waals surface area contributed by atoms with Crippen molar-refractivity contribution in [2.45, 2.75) is 79.3 Å². The quantitative estimate of drug-likeness (QED) is 0.604. The summed E-state index contributed by atoms with van der Waals surface area (Å²) in [7, 11) is 0. The minimum atomic E-state index is -0.627. The van der Waals surface area contributed by atoms with Crippen LogP contribution in [-0.4, -0.2) is 47.8 Å². The second-order valence-corrected chi connectivity index (χ2v) is 6.68. The van der Waals surface area contributed by atoms with Crippen LogP contribution < -0.4 is 10.6 Å². The molecule has 0 aromatic carbocycles. The molecule has 24 heavy (non-hydrogen) atoms. The number of unbranched alkanes of at least 4 members (excludes halogenated alkanes) is 2. The second-order valence-electron chi connectivity index (χ2n) is 6.68. The fourth-order valence-corrected chi connectivity index (χ4v) is 2.42. The van der Waals surface area contributed by atoms with Gasteiger partial charge in [-0.1, -0.05) is 40.5 Å². The average Bonchev–Trinajstić information content (AvgIpc) is 2.51. The lowest BCUT2D eigenvalue weighted by Gasteiger charge is -2.28. The molecule has 6 nitrogen and oxygen atoms in total. The minimum absolute atomic E-state index is 0.0486. The Hall–Kier alpha value is -1.59. The van der Waals surface area contributed by atoms with Gasteiger partial charge in [-0.25, -0.2) is 0 Å². The molecular formula is C18H35N3O3. The molecule has 2 N–H and O–H groups in total. The van der Waals surface area contributed by atoms with E-state index >= 15 is 0 Å². The molecule has 0 aliphatic rings. The monoisotopic (exact) mass is 341 g/mol. The van der Waals surface area contributed by atoms with Crippen LogP contribution >= 0.6 is 0 Å². The molecule has 0 spiro atoms. The predicted molar refractivity (Wildman–Crippen MR) is 96.4 cm³/mol. The first-order chi connectivity index (χ1) is 11.2. The van der Waals surface area contributed by atoms with Crippen LogP contribution in [0.4, 0.5) is 0 Å². The van der Waals surface area contributed by atoms with Crippen LogP contribution in [0.25, 0.3) is 0 Å². The highest BCUT2D eigenvalue weighted by Crippen LogP contribution is 2.05. The standard InChI is InChI=1S/C18H35N3O3/c1-7-9-11-21(12-10-8-2)18(24)14(5)19-17(23)16(13(3)4)20-15(6)22/h13-14,16H,7-12H2,1-6H3,(H,19,23)(H,20,22)/t14-,16+/m1/s1. The van der Waals surface area contributed by atoms with Gasteiger partial charge in [-0.3, -0.25) is 14.4 Å². The van der Waals surface area contributed by atoms with Crippen molar-refractivity contribution in [3.8, 4) is 0 Å². The largest absolute Gasteiger partial charge is 0.344 e. The van der Waals surface area contributed by atoms with Crippen molar-refractivity contribution in [3.05, 3.63) is 0 Å². The van der Waals surface area contributed by atoms with Crippen molar-refractivity contribution in [2.75, 3.05) is 13.1 Å². The highest BCUT2D eigenvalue weighted by atomic mass is 16.2. The Morgan fingerprint density at radius 1 is 0.917 bits per heavy atom. The Morgan fingerprint density at radius 2 is 1.42 bits per heavy atom. The Labute approximate surface area is 146 Å². The highest BCUT2D eigenvalue weighted by Gasteiger charge is 2.27. The number of rotatable bonds is 11. The van der Waals surface area contributed by atoms with Crippen molar-refractivity contribution in [3.63, 3.8) is 0 Å². The summed E-state index contributed by atoms with van der Waals surface area (Å²) in [5.74, 6) is -0.676. The normalized spacial score (nSPS) is 13.3. The molecule has 0 aromatic heterocycles. The SMILES string of the molecule is CCCCN(CCCC)C(=O)[C@@H](C)NC(=O)[C@@H](NC(C)=O)C(C)C. The van der Waals surface area contributed by atoms with Crippen LogP contribution in [0.3, 0.4) is 0 Å². The third kappa shape index (κ3) is 8.31. The van der Waals surface area contributed by atoms with E-state index in [1.54, 1.807) is 6.92 Å². The van der Waals surface area contributed by atoms with E-state index in [4.69, 9.17) is 0 Å². The van der Waals surface area contributed by atoms with Crippen molar-refractivity contribution in [1.82, 2.24) is 15.5 Å². The van der Waals surface area contributed by atoms with Crippen LogP contribution in [0.1, 0.15) is 67.2 Å². The fourth-order valence-electron chi connectivity index (χ4n) is 2.42. The van der Waals surface area contributed by atoms with Gasteiger partial charge in [0.2, 0.25) is 17.7 Å². The maximum Gasteiger partial charge on any atom is 0.244 e. The van der Waals surface area contributed by atoms with Gasteiger partial charge < -0.3 is 15.5 Å². The lowest BCUT2D eigenvalue weighted by atomic mass is 10.0. The summed E-state index contributed by atoms with van der Waals surface area (Å²) in [6, 6.07) is -1.22. The van der Waals surface area contributed by atoms with Crippen LogP contribution in [0.5, 0.6) is 0 Å². The number of amides is 3. The molecule has 140 valence electrons. The maximum atomic E-state index is 12.6. The van der Waals surface area contributed by atoms with E-state index in [-0.39, 0.29) is 23.6 Å². The van der Waals surface area contributed by atoms with Gasteiger partial charge in [0.15, 0.2) is 0 Å². The van der Waals surface area contributed by atoms with Crippen molar-refractivity contribution in [2.24, 2.45) is 5.92 Å². The third-order valence-electron chi connectivity index (χ3n) is 3.91. The highest BCUT2D eigenvalue weighted by molar-refractivity contribution is 5.91. The van der Waals surface area contributed by atoms with Gasteiger partial charge in [-0.05, 0) is 25.7 Å². The zero-order valence-electron chi connectivity index (χ0n) is 16.1. The molecule has 0 aliphatic heterocycles. The average molecular weight is 341 g/mol. The van der Waals surface area contributed by atoms with E-state index in [2.05, 4.69) is 24.5 Å². The van der Waals surface area contributed by atoms with E-state index in [0.717, 1.165) is 38.8 Å². The molecule has 0 saturated carbocycles. The van der Waals surface area contributed by atoms with Gasteiger partial charge in [0, 0.05) is 20.0 Å². The lowest BCUT2D eigenvalue weighted by molar-refractivity contribution is -0.137. The molecule has 6 heteroatoms.